The van der Waals surface area contributed by atoms with Crippen molar-refractivity contribution in [2.45, 2.75) is 0 Å². The average molecular weight is 233 g/mol. The van der Waals surface area contributed by atoms with Crippen LogP contribution in [0.3, 0.4) is 0 Å². The minimum Gasteiger partial charge on any atom is -0.495 e. The Labute approximate surface area is 96.9 Å². The number of aromatic carboxylic acids is 1. The van der Waals surface area contributed by atoms with Gasteiger partial charge in [0.25, 0.3) is 5.56 Å². The molecule has 5 nitrogen and oxygen atoms in total. The molecule has 5 heteroatoms. The fraction of sp³-hybridized carbons (Fsp3) is 0.167. The second-order valence-corrected chi connectivity index (χ2v) is 3.65. The number of hydrogen-bond acceptors (Lipinski definition) is 3. The zero-order valence-electron chi connectivity index (χ0n) is 9.43. The number of aromatic nitrogens is 1. The van der Waals surface area contributed by atoms with Crippen molar-refractivity contribution in [2.24, 2.45) is 7.05 Å². The number of aryl methyl sites for hydroxylation is 1. The Morgan fingerprint density at radius 2 is 2.06 bits per heavy atom. The summed E-state index contributed by atoms with van der Waals surface area (Å²) in [6.45, 7) is 0. The van der Waals surface area contributed by atoms with Crippen LogP contribution in [0.15, 0.2) is 29.1 Å². The number of methoxy groups -OCH3 is 1. The third kappa shape index (κ3) is 1.75. The van der Waals surface area contributed by atoms with Crippen LogP contribution in [0.5, 0.6) is 5.75 Å². The SMILES string of the molecule is COc1cc(C(=O)O)cc2ccc(=O)n(C)c12. The molecule has 0 spiro atoms. The number of ether oxygens (including phenoxy) is 1. The number of carbonyl (C=O) groups is 1. The number of rotatable bonds is 2. The van der Waals surface area contributed by atoms with E-state index in [0.29, 0.717) is 16.7 Å². The summed E-state index contributed by atoms with van der Waals surface area (Å²) in [6.07, 6.45) is 0. The standard InChI is InChI=1S/C12H11NO4/c1-13-10(14)4-3-7-5-8(12(15)16)6-9(17-2)11(7)13/h3-6H,1-2H3,(H,15,16). The number of nitrogens with zero attached hydrogens (tertiary/aromatic N) is 1. The molecule has 0 fully saturated rings. The van der Waals surface area contributed by atoms with E-state index in [4.69, 9.17) is 9.84 Å². The second kappa shape index (κ2) is 3.93. The molecule has 1 heterocycles. The van der Waals surface area contributed by atoms with Gasteiger partial charge in [-0.25, -0.2) is 4.79 Å². The first kappa shape index (κ1) is 11.2. The van der Waals surface area contributed by atoms with Gasteiger partial charge >= 0.3 is 5.97 Å². The smallest absolute Gasteiger partial charge is 0.335 e. The highest BCUT2D eigenvalue weighted by Gasteiger charge is 2.11. The van der Waals surface area contributed by atoms with Gasteiger partial charge in [-0.3, -0.25) is 4.79 Å². The van der Waals surface area contributed by atoms with Crippen molar-refractivity contribution in [2.75, 3.05) is 7.11 Å². The normalized spacial score (nSPS) is 10.5. The molecule has 1 aromatic heterocycles. The van der Waals surface area contributed by atoms with Gasteiger partial charge in [0.05, 0.1) is 18.2 Å². The molecule has 0 atom stereocenters. The van der Waals surface area contributed by atoms with Crippen molar-refractivity contribution in [3.63, 3.8) is 0 Å². The van der Waals surface area contributed by atoms with Crippen LogP contribution in [0.4, 0.5) is 0 Å². The van der Waals surface area contributed by atoms with Crippen molar-refractivity contribution in [1.82, 2.24) is 4.57 Å². The van der Waals surface area contributed by atoms with Gasteiger partial charge in [0.15, 0.2) is 0 Å². The van der Waals surface area contributed by atoms with Crippen molar-refractivity contribution >= 4 is 16.9 Å². The highest BCUT2D eigenvalue weighted by molar-refractivity contribution is 5.96. The number of hydrogen-bond donors (Lipinski definition) is 1. The van der Waals surface area contributed by atoms with Gasteiger partial charge in [-0.05, 0) is 18.2 Å². The van der Waals surface area contributed by atoms with E-state index in [1.54, 1.807) is 13.1 Å². The molecule has 0 aliphatic rings. The minimum atomic E-state index is -1.03. The van der Waals surface area contributed by atoms with Gasteiger partial charge in [0.2, 0.25) is 0 Å². The lowest BCUT2D eigenvalue weighted by Gasteiger charge is -2.10. The number of benzene rings is 1. The molecule has 0 aliphatic carbocycles. The molecule has 0 saturated carbocycles. The van der Waals surface area contributed by atoms with E-state index in [2.05, 4.69) is 0 Å². The molecule has 88 valence electrons. The van der Waals surface area contributed by atoms with Crippen molar-refractivity contribution in [1.29, 1.82) is 0 Å². The van der Waals surface area contributed by atoms with Crippen molar-refractivity contribution in [3.8, 4) is 5.75 Å². The Balaban J connectivity index is 2.92. The number of carboxylic acids is 1. The Hall–Kier alpha value is -2.30. The molecule has 1 N–H and O–H groups in total. The summed E-state index contributed by atoms with van der Waals surface area (Å²) < 4.78 is 6.56. The highest BCUT2D eigenvalue weighted by atomic mass is 16.5. The fourth-order valence-electron chi connectivity index (χ4n) is 1.78. The van der Waals surface area contributed by atoms with Crippen LogP contribution in [-0.4, -0.2) is 22.8 Å². The molecular weight excluding hydrogens is 222 g/mol. The molecule has 0 unspecified atom stereocenters. The Morgan fingerprint density at radius 3 is 2.65 bits per heavy atom. The third-order valence-electron chi connectivity index (χ3n) is 2.64. The van der Waals surface area contributed by atoms with Crippen LogP contribution >= 0.6 is 0 Å². The monoisotopic (exact) mass is 233 g/mol. The van der Waals surface area contributed by atoms with Gasteiger partial charge in [-0.1, -0.05) is 0 Å². The number of carboxylic acid groups (broad SMARTS) is 1. The number of fused-ring (bicyclic) bond motifs is 1. The summed E-state index contributed by atoms with van der Waals surface area (Å²) in [5.74, 6) is -0.654. The van der Waals surface area contributed by atoms with Crippen LogP contribution in [0.25, 0.3) is 10.9 Å². The molecule has 2 aromatic rings. The van der Waals surface area contributed by atoms with Gasteiger partial charge in [0.1, 0.15) is 5.75 Å². The molecule has 1 aromatic carbocycles. The lowest BCUT2D eigenvalue weighted by molar-refractivity contribution is 0.0696. The Bertz CT molecular complexity index is 657. The first-order chi connectivity index (χ1) is 8.04. The molecule has 0 aliphatic heterocycles. The first-order valence-electron chi connectivity index (χ1n) is 4.95. The quantitative estimate of drug-likeness (QED) is 0.847. The third-order valence-corrected chi connectivity index (χ3v) is 2.64. The minimum absolute atomic E-state index is 0.132. The van der Waals surface area contributed by atoms with E-state index in [1.807, 2.05) is 0 Å². The zero-order valence-corrected chi connectivity index (χ0v) is 9.43. The predicted molar refractivity (Wildman–Crippen MR) is 62.7 cm³/mol. The largest absolute Gasteiger partial charge is 0.495 e. The van der Waals surface area contributed by atoms with Crippen LogP contribution in [0, 0.1) is 0 Å². The molecule has 0 bridgehead atoms. The van der Waals surface area contributed by atoms with Crippen LogP contribution in [-0.2, 0) is 7.05 Å². The summed E-state index contributed by atoms with van der Waals surface area (Å²) >= 11 is 0. The topological polar surface area (TPSA) is 68.5 Å². The van der Waals surface area contributed by atoms with Gasteiger partial charge in [0, 0.05) is 18.5 Å². The van der Waals surface area contributed by atoms with Crippen LogP contribution in [0.1, 0.15) is 10.4 Å². The maximum absolute atomic E-state index is 11.5. The molecule has 0 amide bonds. The molecular formula is C12H11NO4. The Kier molecular flexibility index (Phi) is 2.59. The maximum Gasteiger partial charge on any atom is 0.335 e. The molecule has 0 saturated heterocycles. The molecule has 2 rings (SSSR count). The van der Waals surface area contributed by atoms with E-state index >= 15 is 0 Å². The molecule has 17 heavy (non-hydrogen) atoms. The van der Waals surface area contributed by atoms with E-state index in [-0.39, 0.29) is 11.1 Å². The molecule has 0 radical (unpaired) electrons. The van der Waals surface area contributed by atoms with Crippen molar-refractivity contribution < 1.29 is 14.6 Å². The van der Waals surface area contributed by atoms with Gasteiger partial charge in [-0.2, -0.15) is 0 Å². The second-order valence-electron chi connectivity index (χ2n) is 3.65. The van der Waals surface area contributed by atoms with Gasteiger partial charge < -0.3 is 14.4 Å². The number of pyridine rings is 1. The van der Waals surface area contributed by atoms with Crippen molar-refractivity contribution in [3.05, 3.63) is 40.2 Å². The maximum atomic E-state index is 11.5. The van der Waals surface area contributed by atoms with E-state index in [0.717, 1.165) is 0 Å². The Morgan fingerprint density at radius 1 is 1.35 bits per heavy atom. The summed E-state index contributed by atoms with van der Waals surface area (Å²) in [7, 11) is 3.06. The summed E-state index contributed by atoms with van der Waals surface area (Å²) in [4.78, 5) is 22.5. The van der Waals surface area contributed by atoms with Crippen LogP contribution < -0.4 is 10.3 Å². The average Bonchev–Trinajstić information content (AvgIpc) is 2.32. The lowest BCUT2D eigenvalue weighted by Crippen LogP contribution is -2.16. The summed E-state index contributed by atoms with van der Waals surface area (Å²) in [6, 6.07) is 5.91. The van der Waals surface area contributed by atoms with E-state index in [9.17, 15) is 9.59 Å². The van der Waals surface area contributed by atoms with E-state index in [1.165, 1.54) is 29.9 Å². The predicted octanol–water partition coefficient (Wildman–Crippen LogP) is 1.25. The lowest BCUT2D eigenvalue weighted by atomic mass is 10.1. The van der Waals surface area contributed by atoms with Crippen LogP contribution in [0.2, 0.25) is 0 Å². The summed E-state index contributed by atoms with van der Waals surface area (Å²) in [5.41, 5.74) is 0.553. The van der Waals surface area contributed by atoms with Gasteiger partial charge in [-0.15, -0.1) is 0 Å². The van der Waals surface area contributed by atoms with E-state index < -0.39 is 5.97 Å². The highest BCUT2D eigenvalue weighted by Crippen LogP contribution is 2.25. The first-order valence-corrected chi connectivity index (χ1v) is 4.95. The fourth-order valence-corrected chi connectivity index (χ4v) is 1.78. The zero-order chi connectivity index (χ0) is 12.6. The summed E-state index contributed by atoms with van der Waals surface area (Å²) in [5, 5.41) is 9.62.